The third kappa shape index (κ3) is 8.33. The van der Waals surface area contributed by atoms with E-state index < -0.39 is 14.3 Å². The van der Waals surface area contributed by atoms with E-state index in [4.69, 9.17) is 14.3 Å². The van der Waals surface area contributed by atoms with Crippen LogP contribution < -0.4 is 33.4 Å². The second-order valence-corrected chi connectivity index (χ2v) is 16.2. The maximum atomic E-state index is 12.1. The average molecular weight is 602 g/mol. The predicted molar refractivity (Wildman–Crippen MR) is 159 cm³/mol. The van der Waals surface area contributed by atoms with Crippen molar-refractivity contribution < 1.29 is 40.8 Å². The minimum atomic E-state index is -2.61. The normalized spacial score (nSPS) is 18.8. The molecule has 224 valence electrons. The molecular formula is C31H44ClN3O5Si. The Morgan fingerprint density at radius 2 is 1.39 bits per heavy atom. The smallest absolute Gasteiger partial charge is 0.346 e. The number of carbonyl (C=O) groups excluding carboxylic acids is 1. The summed E-state index contributed by atoms with van der Waals surface area (Å²) in [6, 6.07) is 21.6. The largest absolute Gasteiger partial charge is 1.00 e. The Morgan fingerprint density at radius 3 is 1.90 bits per heavy atom. The number of carbonyl (C=O) groups is 2. The van der Waals surface area contributed by atoms with E-state index in [0.717, 1.165) is 31.9 Å². The van der Waals surface area contributed by atoms with Crippen LogP contribution >= 0.6 is 0 Å². The molecule has 0 aromatic heterocycles. The summed E-state index contributed by atoms with van der Waals surface area (Å²) in [5, 5.41) is 18.4. The van der Waals surface area contributed by atoms with Gasteiger partial charge in [-0.1, -0.05) is 81.4 Å². The van der Waals surface area contributed by atoms with Crippen molar-refractivity contribution in [2.45, 2.75) is 76.4 Å². The molecule has 0 saturated heterocycles. The van der Waals surface area contributed by atoms with Gasteiger partial charge in [-0.3, -0.25) is 24.8 Å². The number of aliphatic carboxylic acids is 1. The summed E-state index contributed by atoms with van der Waals surface area (Å²) < 4.78 is 15.0. The number of benzene rings is 2. The molecule has 0 saturated carbocycles. The maximum Gasteiger partial charge on any atom is 0.346 e. The molecule has 8 nitrogen and oxygen atoms in total. The van der Waals surface area contributed by atoms with Crippen LogP contribution in [-0.2, 0) is 18.8 Å². The third-order valence-electron chi connectivity index (χ3n) is 7.88. The zero-order chi connectivity index (χ0) is 28.6. The second-order valence-electron chi connectivity index (χ2n) is 11.9. The van der Waals surface area contributed by atoms with Crippen molar-refractivity contribution in [2.24, 2.45) is 0 Å². The first-order valence-electron chi connectivity index (χ1n) is 14.5. The minimum absolute atomic E-state index is 0. The van der Waals surface area contributed by atoms with Gasteiger partial charge in [0.05, 0.1) is 25.7 Å². The Kier molecular flexibility index (Phi) is 11.8. The van der Waals surface area contributed by atoms with E-state index in [1.165, 1.54) is 10.4 Å². The molecule has 2 aromatic rings. The molecule has 2 aliphatic heterocycles. The summed E-state index contributed by atoms with van der Waals surface area (Å²) in [5.41, 5.74) is 0. The van der Waals surface area contributed by atoms with Gasteiger partial charge in [-0.25, -0.2) is 0 Å². The number of ether oxygens (including phenoxy) is 1. The fourth-order valence-electron chi connectivity index (χ4n) is 5.76. The van der Waals surface area contributed by atoms with Crippen LogP contribution in [0.2, 0.25) is 5.04 Å². The average Bonchev–Trinajstić information content (AvgIpc) is 2.94. The molecule has 41 heavy (non-hydrogen) atoms. The van der Waals surface area contributed by atoms with Crippen LogP contribution in [-0.4, -0.2) is 74.3 Å². The summed E-state index contributed by atoms with van der Waals surface area (Å²) in [6.45, 7) is 9.64. The Bertz CT molecular complexity index is 1130. The number of rotatable bonds is 12. The lowest BCUT2D eigenvalue weighted by Crippen LogP contribution is -3.00. The van der Waals surface area contributed by atoms with E-state index in [2.05, 4.69) is 96.6 Å². The Morgan fingerprint density at radius 1 is 0.878 bits per heavy atom. The van der Waals surface area contributed by atoms with Gasteiger partial charge in [0.1, 0.15) is 12.6 Å². The highest BCUT2D eigenvalue weighted by molar-refractivity contribution is 6.99. The van der Waals surface area contributed by atoms with Gasteiger partial charge < -0.3 is 26.7 Å². The molecule has 2 heterocycles. The molecule has 0 radical (unpaired) electrons. The van der Waals surface area contributed by atoms with Crippen molar-refractivity contribution in [1.29, 1.82) is 0 Å². The van der Waals surface area contributed by atoms with E-state index in [1.54, 1.807) is 0 Å². The van der Waals surface area contributed by atoms with Crippen LogP contribution in [0, 0.1) is 0 Å². The lowest BCUT2D eigenvalue weighted by atomic mass is 10.1. The summed E-state index contributed by atoms with van der Waals surface area (Å²) in [6.07, 6.45) is 3.23. The quantitative estimate of drug-likeness (QED) is 0.135. The van der Waals surface area contributed by atoms with E-state index in [0.29, 0.717) is 26.1 Å². The van der Waals surface area contributed by atoms with E-state index in [-0.39, 0.29) is 48.3 Å². The van der Waals surface area contributed by atoms with Crippen molar-refractivity contribution >= 4 is 36.6 Å². The van der Waals surface area contributed by atoms with Crippen molar-refractivity contribution in [2.75, 3.05) is 26.3 Å². The lowest BCUT2D eigenvalue weighted by molar-refractivity contribution is -0.543. The van der Waals surface area contributed by atoms with Crippen LogP contribution in [0.15, 0.2) is 60.7 Å². The van der Waals surface area contributed by atoms with Crippen LogP contribution in [0.4, 0.5) is 0 Å². The summed E-state index contributed by atoms with van der Waals surface area (Å²) in [4.78, 5) is 22.8. The van der Waals surface area contributed by atoms with Crippen molar-refractivity contribution in [3.63, 3.8) is 0 Å². The monoisotopic (exact) mass is 601 g/mol. The van der Waals surface area contributed by atoms with Gasteiger partial charge >= 0.3 is 17.9 Å². The van der Waals surface area contributed by atoms with E-state index in [9.17, 15) is 9.59 Å². The number of nitrogens with one attached hydrogen (secondary N) is 2. The fourth-order valence-corrected chi connectivity index (χ4v) is 10.4. The Hall–Kier alpha value is -2.88. The third-order valence-corrected chi connectivity index (χ3v) is 12.9. The fraction of sp³-hybridized carbons (Fsp3) is 0.516. The van der Waals surface area contributed by atoms with Crippen LogP contribution in [0.5, 0.6) is 0 Å². The van der Waals surface area contributed by atoms with E-state index >= 15 is 0 Å². The second kappa shape index (κ2) is 14.8. The summed E-state index contributed by atoms with van der Waals surface area (Å²) >= 11 is 0. The predicted octanol–water partition coefficient (Wildman–Crippen LogP) is -0.152. The van der Waals surface area contributed by atoms with Crippen molar-refractivity contribution in [3.05, 3.63) is 60.7 Å². The summed E-state index contributed by atoms with van der Waals surface area (Å²) in [5.74, 6) is -0.125. The topological polar surface area (TPSA) is 99.9 Å². The molecule has 2 aromatic carbocycles. The number of hydrogen-bond donors (Lipinski definition) is 3. The van der Waals surface area contributed by atoms with Gasteiger partial charge in [-0.2, -0.15) is 0 Å². The molecule has 0 aliphatic carbocycles. The number of esters is 1. The number of unbranched alkanes of at least 4 members (excludes halogenated alkanes) is 1. The van der Waals surface area contributed by atoms with Gasteiger partial charge in [0, 0.05) is 25.7 Å². The van der Waals surface area contributed by atoms with Crippen molar-refractivity contribution in [3.8, 4) is 0 Å². The van der Waals surface area contributed by atoms with Gasteiger partial charge in [-0.15, -0.1) is 0 Å². The van der Waals surface area contributed by atoms with Crippen molar-refractivity contribution in [1.82, 2.24) is 10.6 Å². The number of nitrogens with zero attached hydrogens (tertiary/aromatic N) is 1. The molecule has 4 rings (SSSR count). The van der Waals surface area contributed by atoms with Gasteiger partial charge in [0.2, 0.25) is 0 Å². The number of carboxylic acid groups (broad SMARTS) is 1. The molecule has 2 aliphatic rings. The van der Waals surface area contributed by atoms with E-state index in [1.807, 2.05) is 0 Å². The highest BCUT2D eigenvalue weighted by Gasteiger charge is 2.50. The minimum Gasteiger partial charge on any atom is -1.00 e. The summed E-state index contributed by atoms with van der Waals surface area (Å²) in [7, 11) is -2.61. The highest BCUT2D eigenvalue weighted by Crippen LogP contribution is 2.37. The highest BCUT2D eigenvalue weighted by atomic mass is 35.5. The molecule has 3 N–H and O–H groups in total. The van der Waals surface area contributed by atoms with Crippen LogP contribution in [0.25, 0.3) is 0 Å². The molecule has 0 fully saturated rings. The Labute approximate surface area is 251 Å². The van der Waals surface area contributed by atoms with Gasteiger partial charge in [0.15, 0.2) is 0 Å². The number of halogens is 1. The standard InChI is InChI=1S/C31H43N3O5Si.ClH/c1-31(2,3)40(26-12-6-4-7-13-26,27-14-8-5-9-15-27)39-23-25-19-21-34-20-18-24(32-30(34)33-25)22-38-29(37)17-11-10-16-28(35)36;/h4-9,12-15,24-25H,10-11,16-23H2,1-3H3,(H2,32,33,35,36);1H/t24-,25-;/m0./s1. The van der Waals surface area contributed by atoms with Gasteiger partial charge in [0.25, 0.3) is 8.32 Å². The SMILES string of the molecule is CC(C)(C)[Si](OC[C@@H]1CC[N+]2=C(N[C@H](COC(=O)CCCCC(=O)O)CC2)N1)(c1ccccc1)c1ccccc1.[Cl-]. The molecule has 0 unspecified atom stereocenters. The number of carboxylic acids is 1. The maximum absolute atomic E-state index is 12.1. The first-order valence-corrected chi connectivity index (χ1v) is 16.4. The van der Waals surface area contributed by atoms with Crippen LogP contribution in [0.3, 0.4) is 0 Å². The lowest BCUT2D eigenvalue weighted by Gasteiger charge is -2.44. The van der Waals surface area contributed by atoms with Gasteiger partial charge in [-0.05, 0) is 28.3 Å². The number of hydrogen-bond acceptors (Lipinski definition) is 6. The molecular weight excluding hydrogens is 558 g/mol. The molecule has 0 spiro atoms. The zero-order valence-corrected chi connectivity index (χ0v) is 26.2. The molecule has 10 heteroatoms. The van der Waals surface area contributed by atoms with Crippen LogP contribution in [0.1, 0.15) is 59.3 Å². The molecule has 0 amide bonds. The Balaban J connectivity index is 0.00000462. The number of guanidine groups is 1. The molecule has 2 atom stereocenters. The molecule has 0 bridgehead atoms. The first-order chi connectivity index (χ1) is 19.2. The zero-order valence-electron chi connectivity index (χ0n) is 24.4. The first kappa shape index (κ1) is 32.6.